The maximum absolute atomic E-state index is 10.9. The number of allylic oxidation sites excluding steroid dienone is 1. The number of carbonyl (C=O) groups is 1. The van der Waals surface area contributed by atoms with Crippen LogP contribution in [0.15, 0.2) is 11.3 Å². The molecule has 1 heterocycles. The molecule has 0 radical (unpaired) electrons. The predicted molar refractivity (Wildman–Crippen MR) is 48.3 cm³/mol. The number of likely N-dealkylation sites (tertiary alicyclic amines) is 1. The first-order valence-corrected chi connectivity index (χ1v) is 4.25. The van der Waals surface area contributed by atoms with E-state index in [2.05, 4.69) is 0 Å². The van der Waals surface area contributed by atoms with Crippen molar-refractivity contribution in [3.63, 3.8) is 0 Å². The van der Waals surface area contributed by atoms with Crippen molar-refractivity contribution in [3.05, 3.63) is 11.3 Å². The molecule has 5 nitrogen and oxygen atoms in total. The van der Waals surface area contributed by atoms with Gasteiger partial charge in [0.1, 0.15) is 18.2 Å². The number of amides is 1. The quantitative estimate of drug-likeness (QED) is 0.373. The molecule has 0 aliphatic carbocycles. The second-order valence-electron chi connectivity index (χ2n) is 2.98. The molecule has 0 spiro atoms. The smallest absolute Gasteiger partial charge is 0.261 e. The molecule has 1 rings (SSSR count). The molecule has 1 aliphatic rings. The second-order valence-corrected chi connectivity index (χ2v) is 2.98. The van der Waals surface area contributed by atoms with Crippen molar-refractivity contribution in [2.75, 3.05) is 13.1 Å². The molecule has 72 valence electrons. The van der Waals surface area contributed by atoms with Crippen LogP contribution in [0.1, 0.15) is 12.8 Å². The Balaban J connectivity index is 3.00. The minimum atomic E-state index is -0.715. The van der Waals surface area contributed by atoms with Gasteiger partial charge >= 0.3 is 0 Å². The van der Waals surface area contributed by atoms with Crippen molar-refractivity contribution in [3.8, 4) is 12.1 Å². The van der Waals surface area contributed by atoms with Gasteiger partial charge in [-0.25, -0.2) is 0 Å². The van der Waals surface area contributed by atoms with Crippen molar-refractivity contribution in [2.24, 2.45) is 5.73 Å². The van der Waals surface area contributed by atoms with Gasteiger partial charge in [0.25, 0.3) is 5.91 Å². The monoisotopic (exact) mass is 190 g/mol. The minimum Gasteiger partial charge on any atom is -0.365 e. The summed E-state index contributed by atoms with van der Waals surface area (Å²) in [6.45, 7) is 0.912. The molecule has 1 fully saturated rings. The summed E-state index contributed by atoms with van der Waals surface area (Å²) in [6, 6.07) is 3.77. The van der Waals surface area contributed by atoms with Crippen LogP contribution in [-0.4, -0.2) is 23.9 Å². The van der Waals surface area contributed by atoms with E-state index in [-0.39, 0.29) is 12.1 Å². The molecule has 1 saturated heterocycles. The van der Waals surface area contributed by atoms with Gasteiger partial charge in [0.2, 0.25) is 0 Å². The van der Waals surface area contributed by atoms with Crippen molar-refractivity contribution in [1.29, 1.82) is 10.5 Å². The molecule has 5 heteroatoms. The summed E-state index contributed by atoms with van der Waals surface area (Å²) in [5, 5.41) is 17.2. The lowest BCUT2D eigenvalue weighted by molar-refractivity contribution is -0.114. The molecule has 0 aromatic heterocycles. The van der Waals surface area contributed by atoms with Crippen molar-refractivity contribution in [2.45, 2.75) is 12.8 Å². The minimum absolute atomic E-state index is 0.0160. The number of hydrogen-bond donors (Lipinski definition) is 1. The van der Waals surface area contributed by atoms with Crippen molar-refractivity contribution < 1.29 is 4.79 Å². The zero-order valence-corrected chi connectivity index (χ0v) is 7.66. The highest BCUT2D eigenvalue weighted by Crippen LogP contribution is 2.23. The third-order valence-electron chi connectivity index (χ3n) is 2.13. The summed E-state index contributed by atoms with van der Waals surface area (Å²) < 4.78 is 0. The number of nitrogens with zero attached hydrogens (tertiary/aromatic N) is 3. The standard InChI is InChI=1S/C9H10N4O/c10-3-5-13-4-1-2-8(13)7(6-11)9(12)14/h1-2,4-5H2,(H2,12,14). The summed E-state index contributed by atoms with van der Waals surface area (Å²) in [5.41, 5.74) is 5.65. The van der Waals surface area contributed by atoms with E-state index in [1.54, 1.807) is 11.0 Å². The van der Waals surface area contributed by atoms with Crippen LogP contribution in [0, 0.1) is 22.7 Å². The SMILES string of the molecule is N#CCN1CCCC1=C(C#N)C(N)=O. The van der Waals surface area contributed by atoms with Crippen LogP contribution >= 0.6 is 0 Å². The topological polar surface area (TPSA) is 93.9 Å². The van der Waals surface area contributed by atoms with E-state index in [1.165, 1.54) is 0 Å². The molecule has 0 unspecified atom stereocenters. The van der Waals surface area contributed by atoms with Gasteiger partial charge in [-0.05, 0) is 12.8 Å². The van der Waals surface area contributed by atoms with Crippen molar-refractivity contribution in [1.82, 2.24) is 4.90 Å². The lowest BCUT2D eigenvalue weighted by atomic mass is 10.1. The van der Waals surface area contributed by atoms with Crippen LogP contribution in [0.5, 0.6) is 0 Å². The molecule has 2 N–H and O–H groups in total. The fourth-order valence-corrected chi connectivity index (χ4v) is 1.54. The first-order valence-electron chi connectivity index (χ1n) is 4.25. The highest BCUT2D eigenvalue weighted by atomic mass is 16.1. The van der Waals surface area contributed by atoms with Gasteiger partial charge in [-0.2, -0.15) is 10.5 Å². The molecule has 1 amide bonds. The molecule has 0 atom stereocenters. The molecule has 0 saturated carbocycles. The Kier molecular flexibility index (Phi) is 3.09. The molecule has 0 aromatic rings. The summed E-state index contributed by atoms with van der Waals surface area (Å²) in [6.07, 6.45) is 1.50. The maximum Gasteiger partial charge on any atom is 0.261 e. The predicted octanol–water partition coefficient (Wildman–Crippen LogP) is -0.131. The Hall–Kier alpha value is -2.01. The Morgan fingerprint density at radius 1 is 1.57 bits per heavy atom. The summed E-state index contributed by atoms with van der Waals surface area (Å²) in [7, 11) is 0. The summed E-state index contributed by atoms with van der Waals surface area (Å²) >= 11 is 0. The van der Waals surface area contributed by atoms with E-state index >= 15 is 0 Å². The van der Waals surface area contributed by atoms with Gasteiger partial charge in [0, 0.05) is 12.2 Å². The molecule has 0 bridgehead atoms. The van der Waals surface area contributed by atoms with Gasteiger partial charge in [-0.3, -0.25) is 4.79 Å². The highest BCUT2D eigenvalue weighted by Gasteiger charge is 2.22. The van der Waals surface area contributed by atoms with E-state index in [1.807, 2.05) is 6.07 Å². The van der Waals surface area contributed by atoms with Crippen molar-refractivity contribution >= 4 is 5.91 Å². The molecular formula is C9H10N4O. The second kappa shape index (κ2) is 4.29. The normalized spacial score (nSPS) is 18.6. The lowest BCUT2D eigenvalue weighted by Gasteiger charge is -2.16. The zero-order chi connectivity index (χ0) is 10.6. The molecule has 0 aromatic carbocycles. The molecular weight excluding hydrogens is 180 g/mol. The summed E-state index contributed by atoms with van der Waals surface area (Å²) in [4.78, 5) is 12.6. The first-order chi connectivity index (χ1) is 6.70. The van der Waals surface area contributed by atoms with Crippen LogP contribution in [0.4, 0.5) is 0 Å². The van der Waals surface area contributed by atoms with E-state index in [4.69, 9.17) is 16.3 Å². The first kappa shape index (κ1) is 10.1. The Bertz CT molecular complexity index is 358. The van der Waals surface area contributed by atoms with Gasteiger partial charge in [-0.15, -0.1) is 0 Å². The fraction of sp³-hybridized carbons (Fsp3) is 0.444. The van der Waals surface area contributed by atoms with E-state index in [9.17, 15) is 4.79 Å². The maximum atomic E-state index is 10.9. The molecule has 14 heavy (non-hydrogen) atoms. The van der Waals surface area contributed by atoms with Gasteiger partial charge in [0.15, 0.2) is 0 Å². The van der Waals surface area contributed by atoms with Crippen LogP contribution in [0.25, 0.3) is 0 Å². The van der Waals surface area contributed by atoms with E-state index < -0.39 is 5.91 Å². The average Bonchev–Trinajstić information content (AvgIpc) is 2.55. The third kappa shape index (κ3) is 1.83. The Labute approximate surface area is 82.0 Å². The van der Waals surface area contributed by atoms with Gasteiger partial charge in [-0.1, -0.05) is 0 Å². The number of nitrogens with two attached hydrogens (primary N) is 1. The average molecular weight is 190 g/mol. The number of carbonyl (C=O) groups excluding carboxylic acids is 1. The third-order valence-corrected chi connectivity index (χ3v) is 2.13. The van der Waals surface area contributed by atoms with Gasteiger partial charge in [0.05, 0.1) is 6.07 Å². The van der Waals surface area contributed by atoms with E-state index in [0.29, 0.717) is 18.7 Å². The number of rotatable bonds is 2. The fourth-order valence-electron chi connectivity index (χ4n) is 1.54. The largest absolute Gasteiger partial charge is 0.365 e. The number of primary amides is 1. The lowest BCUT2D eigenvalue weighted by Crippen LogP contribution is -2.23. The van der Waals surface area contributed by atoms with E-state index in [0.717, 1.165) is 6.42 Å². The Morgan fingerprint density at radius 2 is 2.29 bits per heavy atom. The number of nitriles is 2. The van der Waals surface area contributed by atoms with Crippen LogP contribution in [-0.2, 0) is 4.79 Å². The molecule has 1 aliphatic heterocycles. The van der Waals surface area contributed by atoms with Crippen LogP contribution in [0.3, 0.4) is 0 Å². The van der Waals surface area contributed by atoms with Gasteiger partial charge < -0.3 is 10.6 Å². The zero-order valence-electron chi connectivity index (χ0n) is 7.66. The summed E-state index contributed by atoms with van der Waals surface area (Å²) in [5.74, 6) is -0.715. The highest BCUT2D eigenvalue weighted by molar-refractivity contribution is 5.96. The van der Waals surface area contributed by atoms with Crippen LogP contribution in [0.2, 0.25) is 0 Å². The van der Waals surface area contributed by atoms with Crippen LogP contribution < -0.4 is 5.73 Å². The Morgan fingerprint density at radius 3 is 2.79 bits per heavy atom. The number of hydrogen-bond acceptors (Lipinski definition) is 4.